The topological polar surface area (TPSA) is 80.3 Å². The predicted octanol–water partition coefficient (Wildman–Crippen LogP) is 3.40. The Balaban J connectivity index is 1.55. The normalized spacial score (nSPS) is 25.2. The third-order valence-corrected chi connectivity index (χ3v) is 7.12. The van der Waals surface area contributed by atoms with Crippen LogP contribution in [0, 0.1) is 5.82 Å². The maximum absolute atomic E-state index is 14.5. The third kappa shape index (κ3) is 3.66. The van der Waals surface area contributed by atoms with Gasteiger partial charge in [0.25, 0.3) is 10.0 Å². The summed E-state index contributed by atoms with van der Waals surface area (Å²) < 4.78 is 47.4. The highest BCUT2D eigenvalue weighted by Gasteiger charge is 2.35. The van der Waals surface area contributed by atoms with Crippen LogP contribution in [0.4, 0.5) is 9.52 Å². The molecule has 3 heterocycles. The maximum Gasteiger partial charge on any atom is 0.266 e. The molecule has 0 saturated carbocycles. The summed E-state index contributed by atoms with van der Waals surface area (Å²) in [5.41, 5.74) is 0. The molecular formula is C16H17ClFN3O3S2. The van der Waals surface area contributed by atoms with Gasteiger partial charge in [0.15, 0.2) is 5.13 Å². The number of ether oxygens (including phenoxy) is 1. The molecule has 1 aromatic heterocycles. The number of anilines is 1. The molecule has 2 aromatic rings. The van der Waals surface area contributed by atoms with Crippen LogP contribution in [0.2, 0.25) is 5.02 Å². The van der Waals surface area contributed by atoms with Crippen LogP contribution in [0.1, 0.15) is 25.7 Å². The van der Waals surface area contributed by atoms with Crippen molar-refractivity contribution in [1.29, 1.82) is 0 Å². The number of nitrogens with one attached hydrogen (secondary N) is 2. The Bertz CT molecular complexity index is 896. The number of piperidine rings is 1. The molecule has 0 spiro atoms. The van der Waals surface area contributed by atoms with Crippen molar-refractivity contribution in [1.82, 2.24) is 10.3 Å². The van der Waals surface area contributed by atoms with E-state index >= 15 is 0 Å². The third-order valence-electron chi connectivity index (χ3n) is 4.65. The number of hydrogen-bond donors (Lipinski definition) is 2. The molecule has 2 bridgehead atoms. The van der Waals surface area contributed by atoms with Crippen LogP contribution >= 0.6 is 22.9 Å². The first-order valence-corrected chi connectivity index (χ1v) is 11.0. The van der Waals surface area contributed by atoms with E-state index in [9.17, 15) is 12.8 Å². The van der Waals surface area contributed by atoms with Gasteiger partial charge in [-0.1, -0.05) is 11.6 Å². The number of fused-ring (bicyclic) bond motifs is 2. The molecule has 0 aliphatic carbocycles. The summed E-state index contributed by atoms with van der Waals surface area (Å²) in [6.07, 6.45) is 5.30. The van der Waals surface area contributed by atoms with E-state index in [0.29, 0.717) is 12.1 Å². The zero-order valence-corrected chi connectivity index (χ0v) is 16.0. The number of sulfonamides is 1. The zero-order chi connectivity index (χ0) is 18.3. The number of rotatable bonds is 5. The monoisotopic (exact) mass is 417 g/mol. The molecule has 3 atom stereocenters. The minimum absolute atomic E-state index is 0.0541. The molecule has 6 nitrogen and oxygen atoms in total. The molecular weight excluding hydrogens is 401 g/mol. The molecule has 2 fully saturated rings. The van der Waals surface area contributed by atoms with Gasteiger partial charge in [-0.25, -0.2) is 17.8 Å². The molecule has 2 aliphatic heterocycles. The number of thiazole rings is 1. The number of halogens is 2. The van der Waals surface area contributed by atoms with Gasteiger partial charge in [-0.05, 0) is 31.7 Å². The molecule has 0 amide bonds. The van der Waals surface area contributed by atoms with E-state index in [-0.39, 0.29) is 22.0 Å². The lowest BCUT2D eigenvalue weighted by Crippen LogP contribution is -2.42. The van der Waals surface area contributed by atoms with Gasteiger partial charge in [0.05, 0.1) is 5.02 Å². The number of benzene rings is 1. The number of nitrogens with zero attached hydrogens (tertiary/aromatic N) is 1. The first kappa shape index (κ1) is 18.0. The van der Waals surface area contributed by atoms with Crippen LogP contribution in [0.15, 0.2) is 28.6 Å². The molecule has 140 valence electrons. The van der Waals surface area contributed by atoms with E-state index in [2.05, 4.69) is 15.0 Å². The van der Waals surface area contributed by atoms with E-state index < -0.39 is 20.7 Å². The fourth-order valence-corrected chi connectivity index (χ4v) is 5.68. The van der Waals surface area contributed by atoms with Crippen LogP contribution in [-0.2, 0) is 10.0 Å². The highest BCUT2D eigenvalue weighted by Crippen LogP contribution is 2.35. The quantitative estimate of drug-likeness (QED) is 0.779. The average molecular weight is 418 g/mol. The second kappa shape index (κ2) is 6.95. The highest BCUT2D eigenvalue weighted by molar-refractivity contribution is 7.93. The molecule has 2 N–H and O–H groups in total. The molecule has 4 rings (SSSR count). The van der Waals surface area contributed by atoms with Gasteiger partial charge < -0.3 is 10.1 Å². The van der Waals surface area contributed by atoms with Crippen molar-refractivity contribution in [3.05, 3.63) is 34.5 Å². The fraction of sp³-hybridized carbons (Fsp3) is 0.438. The van der Waals surface area contributed by atoms with E-state index in [0.717, 1.165) is 49.2 Å². The Kier molecular flexibility index (Phi) is 4.81. The Morgan fingerprint density at radius 2 is 2.04 bits per heavy atom. The second-order valence-corrected chi connectivity index (χ2v) is 9.46. The molecule has 0 radical (unpaired) electrons. The Morgan fingerprint density at radius 3 is 2.69 bits per heavy atom. The maximum atomic E-state index is 14.5. The molecule has 10 heteroatoms. The average Bonchev–Trinajstić information content (AvgIpc) is 3.19. The Hall–Kier alpha value is -1.42. The summed E-state index contributed by atoms with van der Waals surface area (Å²) in [6.45, 7) is 0. The molecule has 1 aromatic carbocycles. The van der Waals surface area contributed by atoms with Crippen LogP contribution in [0.25, 0.3) is 0 Å². The van der Waals surface area contributed by atoms with E-state index in [1.54, 1.807) is 5.38 Å². The van der Waals surface area contributed by atoms with Gasteiger partial charge in [0.1, 0.15) is 22.6 Å². The van der Waals surface area contributed by atoms with Crippen molar-refractivity contribution in [2.45, 2.75) is 48.8 Å². The fourth-order valence-electron chi connectivity index (χ4n) is 3.53. The van der Waals surface area contributed by atoms with Gasteiger partial charge in [-0.3, -0.25) is 4.72 Å². The number of hydrogen-bond acceptors (Lipinski definition) is 6. The minimum Gasteiger partial charge on any atom is -0.489 e. The van der Waals surface area contributed by atoms with Crippen LogP contribution in [0.3, 0.4) is 0 Å². The van der Waals surface area contributed by atoms with Crippen molar-refractivity contribution in [3.63, 3.8) is 0 Å². The molecule has 0 unspecified atom stereocenters. The lowest BCUT2D eigenvalue weighted by Gasteiger charge is -2.29. The largest absolute Gasteiger partial charge is 0.489 e. The summed E-state index contributed by atoms with van der Waals surface area (Å²) in [6, 6.07) is 2.97. The van der Waals surface area contributed by atoms with Gasteiger partial charge in [-0.15, -0.1) is 11.3 Å². The summed E-state index contributed by atoms with van der Waals surface area (Å²) in [7, 11) is -4.12. The van der Waals surface area contributed by atoms with Crippen molar-refractivity contribution in [2.24, 2.45) is 0 Å². The summed E-state index contributed by atoms with van der Waals surface area (Å²) in [5, 5.41) is 5.34. The summed E-state index contributed by atoms with van der Waals surface area (Å²) >= 11 is 7.28. The van der Waals surface area contributed by atoms with Crippen molar-refractivity contribution >= 4 is 38.1 Å². The van der Waals surface area contributed by atoms with Gasteiger partial charge >= 0.3 is 0 Å². The van der Waals surface area contributed by atoms with Gasteiger partial charge in [-0.2, -0.15) is 0 Å². The van der Waals surface area contributed by atoms with Gasteiger partial charge in [0.2, 0.25) is 0 Å². The minimum atomic E-state index is -4.12. The highest BCUT2D eigenvalue weighted by atomic mass is 35.5. The van der Waals surface area contributed by atoms with Crippen LogP contribution in [0.5, 0.6) is 5.75 Å². The number of aromatic nitrogens is 1. The summed E-state index contributed by atoms with van der Waals surface area (Å²) in [4.78, 5) is 3.30. The standard InChI is InChI=1S/C16H17ClFN3O3S2/c17-12-7-15(26(22,23)21-16-19-3-4-25-16)13(18)8-14(12)24-11-5-9-1-2-10(6-11)20-9/h3-4,7-11,20H,1-2,5-6H2,(H,19,21)/t9-,10+,11-. The zero-order valence-electron chi connectivity index (χ0n) is 13.6. The first-order chi connectivity index (χ1) is 12.4. The SMILES string of the molecule is O=S(=O)(Nc1nccs1)c1cc(Cl)c(O[C@@H]2C[C@H]3CC[C@@H](C2)N3)cc1F. The Morgan fingerprint density at radius 1 is 1.31 bits per heavy atom. The van der Waals surface area contributed by atoms with E-state index in [4.69, 9.17) is 16.3 Å². The predicted molar refractivity (Wildman–Crippen MR) is 97.9 cm³/mol. The Labute approximate surface area is 159 Å². The molecule has 26 heavy (non-hydrogen) atoms. The smallest absolute Gasteiger partial charge is 0.266 e. The van der Waals surface area contributed by atoms with E-state index in [1.807, 2.05) is 0 Å². The van der Waals surface area contributed by atoms with E-state index in [1.165, 1.54) is 6.20 Å². The lowest BCUT2D eigenvalue weighted by atomic mass is 10.0. The van der Waals surface area contributed by atoms with Crippen molar-refractivity contribution < 1.29 is 17.5 Å². The lowest BCUT2D eigenvalue weighted by molar-refractivity contribution is 0.137. The summed E-state index contributed by atoms with van der Waals surface area (Å²) in [5.74, 6) is -0.742. The van der Waals surface area contributed by atoms with Crippen LogP contribution < -0.4 is 14.8 Å². The van der Waals surface area contributed by atoms with Gasteiger partial charge in [0, 0.05) is 29.7 Å². The van der Waals surface area contributed by atoms with Crippen LogP contribution in [-0.4, -0.2) is 31.6 Å². The molecule has 2 saturated heterocycles. The molecule has 2 aliphatic rings. The first-order valence-electron chi connectivity index (χ1n) is 8.25. The second-order valence-electron chi connectivity index (χ2n) is 6.50. The van der Waals surface area contributed by atoms with Crippen molar-refractivity contribution in [3.8, 4) is 5.75 Å². The van der Waals surface area contributed by atoms with Crippen molar-refractivity contribution in [2.75, 3.05) is 4.72 Å².